The maximum absolute atomic E-state index is 13.4. The van der Waals surface area contributed by atoms with Gasteiger partial charge in [-0.15, -0.1) is 0 Å². The molecular weight excluding hydrogens is 458 g/mol. The number of hydrogen-bond donors (Lipinski definition) is 0. The van der Waals surface area contributed by atoms with Gasteiger partial charge in [0.15, 0.2) is 0 Å². The number of benzene rings is 2. The molecule has 2 aliphatic rings. The predicted octanol–water partition coefficient (Wildman–Crippen LogP) is 5.97. The van der Waals surface area contributed by atoms with Gasteiger partial charge < -0.3 is 14.2 Å². The van der Waals surface area contributed by atoms with Gasteiger partial charge in [0.05, 0.1) is 12.0 Å². The highest BCUT2D eigenvalue weighted by atomic mass is 35.5. The summed E-state index contributed by atoms with van der Waals surface area (Å²) in [7, 11) is 0. The van der Waals surface area contributed by atoms with Crippen molar-refractivity contribution in [3.8, 4) is 0 Å². The molecule has 0 N–H and O–H groups in total. The molecule has 3 aromatic rings. The van der Waals surface area contributed by atoms with Crippen LogP contribution in [0, 0.1) is 0 Å². The van der Waals surface area contributed by atoms with Gasteiger partial charge in [-0.3, -0.25) is 4.79 Å². The normalized spacial score (nSPS) is 17.5. The lowest BCUT2D eigenvalue weighted by atomic mass is 9.91. The fourth-order valence-corrected chi connectivity index (χ4v) is 5.41. The van der Waals surface area contributed by atoms with Crippen molar-refractivity contribution in [1.82, 2.24) is 14.5 Å². The zero-order valence-corrected chi connectivity index (χ0v) is 21.0. The molecular formula is C29H34ClN3O2. The van der Waals surface area contributed by atoms with Gasteiger partial charge in [0, 0.05) is 49.6 Å². The lowest BCUT2D eigenvalue weighted by Gasteiger charge is -2.34. The van der Waals surface area contributed by atoms with E-state index in [-0.39, 0.29) is 11.3 Å². The number of amides is 1. The van der Waals surface area contributed by atoms with Gasteiger partial charge in [-0.1, -0.05) is 54.1 Å². The Morgan fingerprint density at radius 3 is 2.49 bits per heavy atom. The van der Waals surface area contributed by atoms with Crippen molar-refractivity contribution in [2.45, 2.75) is 63.0 Å². The Balaban J connectivity index is 1.08. The first-order valence-corrected chi connectivity index (χ1v) is 13.2. The number of aryl methyl sites for hydroxylation is 1. The van der Waals surface area contributed by atoms with Crippen molar-refractivity contribution in [3.63, 3.8) is 0 Å². The smallest absolute Gasteiger partial charge is 0.233 e. The van der Waals surface area contributed by atoms with Crippen LogP contribution >= 0.6 is 11.6 Å². The third-order valence-corrected chi connectivity index (χ3v) is 7.75. The van der Waals surface area contributed by atoms with Crippen LogP contribution in [-0.2, 0) is 28.1 Å². The second-order valence-corrected chi connectivity index (χ2v) is 10.3. The van der Waals surface area contributed by atoms with E-state index in [1.54, 1.807) is 0 Å². The van der Waals surface area contributed by atoms with Crippen LogP contribution in [0.2, 0.25) is 5.02 Å². The van der Waals surface area contributed by atoms with Crippen LogP contribution in [0.3, 0.4) is 0 Å². The van der Waals surface area contributed by atoms with Crippen LogP contribution < -0.4 is 0 Å². The Kier molecular flexibility index (Phi) is 7.54. The number of unbranched alkanes of at least 4 members (excludes halogenated alkanes) is 1. The van der Waals surface area contributed by atoms with Crippen molar-refractivity contribution in [3.05, 3.63) is 89.0 Å². The van der Waals surface area contributed by atoms with E-state index in [4.69, 9.17) is 21.3 Å². The van der Waals surface area contributed by atoms with Gasteiger partial charge in [-0.25, -0.2) is 4.98 Å². The topological polar surface area (TPSA) is 47.4 Å². The zero-order valence-electron chi connectivity index (χ0n) is 20.2. The zero-order chi connectivity index (χ0) is 24.1. The quantitative estimate of drug-likeness (QED) is 0.328. The molecule has 0 unspecified atom stereocenters. The Morgan fingerprint density at radius 1 is 1.03 bits per heavy atom. The fraction of sp³-hybridized carbons (Fsp3) is 0.448. The molecule has 5 rings (SSSR count). The molecule has 0 radical (unpaired) electrons. The van der Waals surface area contributed by atoms with Crippen molar-refractivity contribution < 1.29 is 9.53 Å². The van der Waals surface area contributed by atoms with Gasteiger partial charge in [0.25, 0.3) is 0 Å². The largest absolute Gasteiger partial charge is 0.377 e. The third-order valence-electron chi connectivity index (χ3n) is 7.50. The van der Waals surface area contributed by atoms with Crippen LogP contribution in [0.5, 0.6) is 0 Å². The number of imidazole rings is 1. The van der Waals surface area contributed by atoms with Crippen molar-refractivity contribution in [2.24, 2.45) is 0 Å². The summed E-state index contributed by atoms with van der Waals surface area (Å²) in [5, 5.41) is 0.716. The molecule has 2 aromatic carbocycles. The molecule has 1 aliphatic carbocycles. The predicted molar refractivity (Wildman–Crippen MR) is 138 cm³/mol. The van der Waals surface area contributed by atoms with Gasteiger partial charge in [-0.2, -0.15) is 0 Å². The molecule has 2 fully saturated rings. The number of carbonyl (C=O) groups excluding carboxylic acids is 1. The van der Waals surface area contributed by atoms with Crippen LogP contribution in [0.15, 0.2) is 67.0 Å². The number of halogens is 1. The Labute approximate surface area is 213 Å². The lowest BCUT2D eigenvalue weighted by Crippen LogP contribution is -2.44. The number of ether oxygens (including phenoxy) is 1. The summed E-state index contributed by atoms with van der Waals surface area (Å²) in [6.07, 6.45) is 9.93. The molecule has 184 valence electrons. The van der Waals surface area contributed by atoms with E-state index in [9.17, 15) is 4.79 Å². The molecule has 0 bridgehead atoms. The molecule has 1 aromatic heterocycles. The van der Waals surface area contributed by atoms with Gasteiger partial charge in [-0.05, 0) is 61.8 Å². The highest BCUT2D eigenvalue weighted by Gasteiger charge is 2.53. The number of aromatic nitrogens is 2. The van der Waals surface area contributed by atoms with Crippen LogP contribution in [-0.4, -0.2) is 40.1 Å². The first-order valence-electron chi connectivity index (χ1n) is 12.8. The van der Waals surface area contributed by atoms with Gasteiger partial charge in [0.2, 0.25) is 5.91 Å². The number of hydrogen-bond acceptors (Lipinski definition) is 3. The second kappa shape index (κ2) is 11.0. The average molecular weight is 492 g/mol. The standard InChI is InChI=1S/C29H34ClN3O2/c30-26-10-8-25(9-11-26)29(14-15-29)28(34)33-18-12-24(13-19-33)27-31-16-20-32(27)17-4-5-21-35-22-23-6-2-1-3-7-23/h1-3,6-11,16,20,24H,4-5,12-15,17-19,21-22H2. The summed E-state index contributed by atoms with van der Waals surface area (Å²) in [4.78, 5) is 20.2. The van der Waals surface area contributed by atoms with E-state index in [1.807, 2.05) is 48.7 Å². The maximum atomic E-state index is 13.4. The maximum Gasteiger partial charge on any atom is 0.233 e. The summed E-state index contributed by atoms with van der Waals surface area (Å²) in [5.74, 6) is 1.87. The minimum atomic E-state index is -0.321. The highest BCUT2D eigenvalue weighted by molar-refractivity contribution is 6.30. The molecule has 1 amide bonds. The molecule has 1 aliphatic heterocycles. The van der Waals surface area contributed by atoms with E-state index < -0.39 is 0 Å². The Hall–Kier alpha value is -2.63. The molecule has 1 saturated carbocycles. The third kappa shape index (κ3) is 5.62. The summed E-state index contributed by atoms with van der Waals surface area (Å²) >= 11 is 6.06. The molecule has 35 heavy (non-hydrogen) atoms. The first kappa shape index (κ1) is 24.1. The van der Waals surface area contributed by atoms with E-state index in [0.717, 1.165) is 70.3 Å². The lowest BCUT2D eigenvalue weighted by molar-refractivity contribution is -0.135. The van der Waals surface area contributed by atoms with Gasteiger partial charge >= 0.3 is 0 Å². The summed E-state index contributed by atoms with van der Waals surface area (Å²) in [6, 6.07) is 18.1. The molecule has 0 spiro atoms. The van der Waals surface area contributed by atoms with Crippen LogP contribution in [0.25, 0.3) is 0 Å². The summed E-state index contributed by atoms with van der Waals surface area (Å²) in [6.45, 7) is 4.02. The monoisotopic (exact) mass is 491 g/mol. The van der Waals surface area contributed by atoms with E-state index in [1.165, 1.54) is 11.4 Å². The molecule has 0 atom stereocenters. The molecule has 1 saturated heterocycles. The van der Waals surface area contributed by atoms with E-state index >= 15 is 0 Å². The van der Waals surface area contributed by atoms with Crippen LogP contribution in [0.4, 0.5) is 0 Å². The minimum absolute atomic E-state index is 0.289. The fourth-order valence-electron chi connectivity index (χ4n) is 5.28. The number of nitrogens with zero attached hydrogens (tertiary/aromatic N) is 3. The van der Waals surface area contributed by atoms with Crippen molar-refractivity contribution in [1.29, 1.82) is 0 Å². The SMILES string of the molecule is O=C(N1CCC(c2nccn2CCCCOCc2ccccc2)CC1)C1(c2ccc(Cl)cc2)CC1. The number of likely N-dealkylation sites (tertiary alicyclic amines) is 1. The van der Waals surface area contributed by atoms with E-state index in [2.05, 4.69) is 27.8 Å². The number of piperidine rings is 1. The minimum Gasteiger partial charge on any atom is -0.377 e. The molecule has 5 nitrogen and oxygen atoms in total. The van der Waals surface area contributed by atoms with Crippen molar-refractivity contribution in [2.75, 3.05) is 19.7 Å². The Morgan fingerprint density at radius 2 is 1.77 bits per heavy atom. The van der Waals surface area contributed by atoms with Crippen molar-refractivity contribution >= 4 is 17.5 Å². The first-order chi connectivity index (χ1) is 17.2. The average Bonchev–Trinajstić information content (AvgIpc) is 3.58. The number of carbonyl (C=O) groups is 1. The highest BCUT2D eigenvalue weighted by Crippen LogP contribution is 2.50. The second-order valence-electron chi connectivity index (χ2n) is 9.88. The summed E-state index contributed by atoms with van der Waals surface area (Å²) in [5.41, 5.74) is 2.01. The van der Waals surface area contributed by atoms with E-state index in [0.29, 0.717) is 17.5 Å². The molecule has 2 heterocycles. The van der Waals surface area contributed by atoms with Gasteiger partial charge in [0.1, 0.15) is 5.82 Å². The summed E-state index contributed by atoms with van der Waals surface area (Å²) < 4.78 is 8.12. The Bertz CT molecular complexity index is 1100. The van der Waals surface area contributed by atoms with Crippen LogP contribution in [0.1, 0.15) is 61.4 Å². The number of rotatable bonds is 10. The molecule has 6 heteroatoms.